The molecule has 3 N–H and O–H groups in total. The summed E-state index contributed by atoms with van der Waals surface area (Å²) in [6.07, 6.45) is -3.66. The molecule has 0 aromatic heterocycles. The molecule has 0 bridgehead atoms. The van der Waals surface area contributed by atoms with Crippen LogP contribution in [-0.4, -0.2) is 45.2 Å². The lowest BCUT2D eigenvalue weighted by atomic mass is 10.0. The van der Waals surface area contributed by atoms with Crippen molar-refractivity contribution in [2.24, 2.45) is 0 Å². The first kappa shape index (κ1) is 9.28. The van der Waals surface area contributed by atoms with Gasteiger partial charge in [-0.15, -0.1) is 0 Å². The maximum Gasteiger partial charge on any atom is 0.169 e. The molecular formula is C6H12O4S. The van der Waals surface area contributed by atoms with Gasteiger partial charge < -0.3 is 20.1 Å². The van der Waals surface area contributed by atoms with Gasteiger partial charge in [-0.1, -0.05) is 0 Å². The fourth-order valence-corrected chi connectivity index (χ4v) is 1.28. The van der Waals surface area contributed by atoms with Gasteiger partial charge in [-0.3, -0.25) is 0 Å². The number of hydrogen-bond acceptors (Lipinski definition) is 5. The molecule has 1 aliphatic heterocycles. The summed E-state index contributed by atoms with van der Waals surface area (Å²) in [5.74, 6) is 0. The Hall–Kier alpha value is 0.190. The number of aliphatic hydroxyl groups excluding tert-OH is 3. The van der Waals surface area contributed by atoms with Crippen LogP contribution in [0.25, 0.3) is 0 Å². The quantitative estimate of drug-likeness (QED) is 0.351. The molecule has 0 amide bonds. The van der Waals surface area contributed by atoms with Crippen LogP contribution in [0.1, 0.15) is 6.92 Å². The second-order valence-electron chi connectivity index (χ2n) is 2.70. The van der Waals surface area contributed by atoms with Crippen molar-refractivity contribution in [3.8, 4) is 0 Å². The normalized spacial score (nSPS) is 52.6. The highest BCUT2D eigenvalue weighted by molar-refractivity contribution is 7.81. The Bertz CT molecular complexity index is 129. The molecule has 1 saturated heterocycles. The van der Waals surface area contributed by atoms with Crippen LogP contribution in [0.5, 0.6) is 0 Å². The van der Waals surface area contributed by atoms with E-state index in [-0.39, 0.29) is 0 Å². The van der Waals surface area contributed by atoms with Gasteiger partial charge in [-0.05, 0) is 6.92 Å². The van der Waals surface area contributed by atoms with E-state index in [1.807, 2.05) is 0 Å². The Balaban J connectivity index is 2.63. The molecule has 1 aliphatic rings. The third-order valence-electron chi connectivity index (χ3n) is 1.83. The molecular weight excluding hydrogens is 168 g/mol. The Kier molecular flexibility index (Phi) is 2.77. The molecule has 11 heavy (non-hydrogen) atoms. The Labute approximate surface area is 70.2 Å². The summed E-state index contributed by atoms with van der Waals surface area (Å²) >= 11 is 3.87. The average molecular weight is 180 g/mol. The molecule has 1 heterocycles. The molecule has 0 aromatic carbocycles. The summed E-state index contributed by atoms with van der Waals surface area (Å²) < 4.78 is 4.85. The summed E-state index contributed by atoms with van der Waals surface area (Å²) in [5.41, 5.74) is 0. The zero-order chi connectivity index (χ0) is 8.59. The predicted octanol–water partition coefficient (Wildman–Crippen LogP) is -1.26. The number of aliphatic hydroxyl groups is 3. The monoisotopic (exact) mass is 180 g/mol. The van der Waals surface area contributed by atoms with E-state index in [4.69, 9.17) is 9.84 Å². The lowest BCUT2D eigenvalue weighted by Crippen LogP contribution is -2.54. The van der Waals surface area contributed by atoms with Gasteiger partial charge in [0, 0.05) is 0 Å². The minimum absolute atomic E-state index is 0.552. The Morgan fingerprint density at radius 3 is 2.27 bits per heavy atom. The van der Waals surface area contributed by atoms with Crippen LogP contribution in [0.15, 0.2) is 0 Å². The molecule has 66 valence electrons. The fourth-order valence-electron chi connectivity index (χ4n) is 1.03. The van der Waals surface area contributed by atoms with Crippen molar-refractivity contribution >= 4 is 12.6 Å². The zero-order valence-electron chi connectivity index (χ0n) is 6.08. The predicted molar refractivity (Wildman–Crippen MR) is 41.3 cm³/mol. The Morgan fingerprint density at radius 1 is 1.18 bits per heavy atom. The third-order valence-corrected chi connectivity index (χ3v) is 2.39. The highest BCUT2D eigenvalue weighted by atomic mass is 32.1. The molecule has 0 saturated carbocycles. The van der Waals surface area contributed by atoms with Crippen LogP contribution in [0.3, 0.4) is 0 Å². The van der Waals surface area contributed by atoms with E-state index in [1.165, 1.54) is 0 Å². The molecule has 5 atom stereocenters. The lowest BCUT2D eigenvalue weighted by molar-refractivity contribution is -0.221. The minimum Gasteiger partial charge on any atom is -0.389 e. The molecule has 1 rings (SSSR count). The number of hydrogen-bond donors (Lipinski definition) is 4. The summed E-state index contributed by atoms with van der Waals surface area (Å²) in [5, 5.41) is 26.8. The minimum atomic E-state index is -1.10. The number of thiol groups is 1. The summed E-state index contributed by atoms with van der Waals surface area (Å²) in [4.78, 5) is 0. The van der Waals surface area contributed by atoms with Crippen LogP contribution in [-0.2, 0) is 4.74 Å². The van der Waals surface area contributed by atoms with Crippen LogP contribution in [0, 0.1) is 0 Å². The van der Waals surface area contributed by atoms with Gasteiger partial charge >= 0.3 is 0 Å². The first-order valence-corrected chi connectivity index (χ1v) is 3.93. The summed E-state index contributed by atoms with van der Waals surface area (Å²) in [6.45, 7) is 1.58. The molecule has 1 unspecified atom stereocenters. The maximum atomic E-state index is 9.22. The van der Waals surface area contributed by atoms with Gasteiger partial charge in [-0.2, -0.15) is 12.6 Å². The van der Waals surface area contributed by atoms with Crippen molar-refractivity contribution in [1.82, 2.24) is 0 Å². The fraction of sp³-hybridized carbons (Fsp3) is 1.00. The molecule has 0 radical (unpaired) electrons. The van der Waals surface area contributed by atoms with E-state index in [9.17, 15) is 10.2 Å². The number of rotatable bonds is 0. The highest BCUT2D eigenvalue weighted by Crippen LogP contribution is 2.22. The molecule has 5 heteroatoms. The topological polar surface area (TPSA) is 69.9 Å². The van der Waals surface area contributed by atoms with Crippen molar-refractivity contribution in [2.75, 3.05) is 0 Å². The standard InChI is InChI=1S/C6H12O4S/c1-2-3(7)4(8)5(11)6(9)10-2/h2-9,11H,1H3/t2-,3-,4+,5+,6?/m0/s1. The second-order valence-corrected chi connectivity index (χ2v) is 3.30. The van der Waals surface area contributed by atoms with Crippen LogP contribution in [0.2, 0.25) is 0 Å². The van der Waals surface area contributed by atoms with E-state index in [2.05, 4.69) is 12.6 Å². The van der Waals surface area contributed by atoms with E-state index >= 15 is 0 Å². The highest BCUT2D eigenvalue weighted by Gasteiger charge is 2.39. The van der Waals surface area contributed by atoms with Gasteiger partial charge in [0.15, 0.2) is 6.29 Å². The van der Waals surface area contributed by atoms with E-state index in [0.717, 1.165) is 0 Å². The second kappa shape index (κ2) is 3.28. The van der Waals surface area contributed by atoms with Gasteiger partial charge in [-0.25, -0.2) is 0 Å². The Morgan fingerprint density at radius 2 is 1.73 bits per heavy atom. The third kappa shape index (κ3) is 1.68. The van der Waals surface area contributed by atoms with Crippen molar-refractivity contribution in [2.45, 2.75) is 36.8 Å². The van der Waals surface area contributed by atoms with Crippen molar-refractivity contribution in [3.05, 3.63) is 0 Å². The van der Waals surface area contributed by atoms with Crippen molar-refractivity contribution < 1.29 is 20.1 Å². The zero-order valence-corrected chi connectivity index (χ0v) is 6.98. The molecule has 0 spiro atoms. The summed E-state index contributed by atoms with van der Waals surface area (Å²) in [6, 6.07) is 0. The van der Waals surface area contributed by atoms with Crippen LogP contribution >= 0.6 is 12.6 Å². The van der Waals surface area contributed by atoms with Crippen molar-refractivity contribution in [1.29, 1.82) is 0 Å². The maximum absolute atomic E-state index is 9.22. The van der Waals surface area contributed by atoms with Crippen LogP contribution in [0.4, 0.5) is 0 Å². The SMILES string of the molecule is C[C@@H]1OC(O)[C@H](S)[C@H](O)[C@H]1O. The van der Waals surface area contributed by atoms with Crippen LogP contribution < -0.4 is 0 Å². The van der Waals surface area contributed by atoms with Crippen molar-refractivity contribution in [3.63, 3.8) is 0 Å². The smallest absolute Gasteiger partial charge is 0.169 e. The lowest BCUT2D eigenvalue weighted by Gasteiger charge is -2.37. The van der Waals surface area contributed by atoms with E-state index in [1.54, 1.807) is 6.92 Å². The molecule has 1 fully saturated rings. The average Bonchev–Trinajstić information content (AvgIpc) is 1.97. The molecule has 0 aliphatic carbocycles. The largest absolute Gasteiger partial charge is 0.389 e. The molecule has 0 aromatic rings. The number of ether oxygens (including phenoxy) is 1. The first-order chi connectivity index (χ1) is 5.04. The summed E-state index contributed by atoms with van der Waals surface area (Å²) in [7, 11) is 0. The van der Waals surface area contributed by atoms with Gasteiger partial charge in [0.05, 0.1) is 17.5 Å². The van der Waals surface area contributed by atoms with Gasteiger partial charge in [0.25, 0.3) is 0 Å². The molecule has 4 nitrogen and oxygen atoms in total. The van der Waals surface area contributed by atoms with Gasteiger partial charge in [0.1, 0.15) is 6.10 Å². The first-order valence-electron chi connectivity index (χ1n) is 3.41. The van der Waals surface area contributed by atoms with E-state index in [0.29, 0.717) is 0 Å². The van der Waals surface area contributed by atoms with E-state index < -0.39 is 29.9 Å². The van der Waals surface area contributed by atoms with Gasteiger partial charge in [0.2, 0.25) is 0 Å².